The zero-order chi connectivity index (χ0) is 22.9. The van der Waals surface area contributed by atoms with Crippen LogP contribution >= 0.6 is 11.6 Å². The van der Waals surface area contributed by atoms with Crippen LogP contribution < -0.4 is 15.4 Å². The van der Waals surface area contributed by atoms with Crippen molar-refractivity contribution in [2.45, 2.75) is 38.0 Å². The normalized spacial score (nSPS) is 16.8. The monoisotopic (exact) mass is 452 g/mol. The van der Waals surface area contributed by atoms with Crippen LogP contribution in [0.1, 0.15) is 31.1 Å². The van der Waals surface area contributed by atoms with Crippen LogP contribution in [0.2, 0.25) is 5.02 Å². The van der Waals surface area contributed by atoms with Crippen LogP contribution in [0, 0.1) is 5.82 Å². The van der Waals surface area contributed by atoms with E-state index in [9.17, 15) is 24.2 Å². The van der Waals surface area contributed by atoms with Gasteiger partial charge in [0.15, 0.2) is 5.75 Å². The highest BCUT2D eigenvalue weighted by Crippen LogP contribution is 2.40. The number of phenols is 1. The number of carboxylic acid groups (broad SMARTS) is 1. The van der Waals surface area contributed by atoms with Crippen LogP contribution in [0.15, 0.2) is 30.3 Å². The number of nitrogens with one attached hydrogen (secondary N) is 2. The second-order valence-corrected chi connectivity index (χ2v) is 8.35. The molecule has 8 nitrogen and oxygen atoms in total. The summed E-state index contributed by atoms with van der Waals surface area (Å²) >= 11 is 5.71. The second-order valence-electron chi connectivity index (χ2n) is 7.94. The molecule has 1 aliphatic heterocycles. The quantitative estimate of drug-likeness (QED) is 0.408. The number of hydrogen-bond donors (Lipinski definition) is 5. The third kappa shape index (κ3) is 5.25. The Morgan fingerprint density at radius 1 is 1.35 bits per heavy atom. The molecule has 1 heterocycles. The molecule has 2 atom stereocenters. The van der Waals surface area contributed by atoms with Gasteiger partial charge in [0.25, 0.3) is 12.0 Å². The topological polar surface area (TPSA) is 128 Å². The first-order valence-electron chi connectivity index (χ1n) is 9.41. The number of aliphatic hydroxyl groups excluding tert-OH is 1. The molecule has 0 saturated carbocycles. The van der Waals surface area contributed by atoms with Crippen molar-refractivity contribution in [3.05, 3.63) is 52.3 Å². The number of aliphatic hydroxyl groups is 1. The van der Waals surface area contributed by atoms with E-state index >= 15 is 0 Å². The third-order valence-electron chi connectivity index (χ3n) is 4.82. The summed E-state index contributed by atoms with van der Waals surface area (Å²) in [6, 6.07) is 6.97. The number of aliphatic carboxylic acids is 1. The van der Waals surface area contributed by atoms with E-state index in [-0.39, 0.29) is 34.3 Å². The minimum atomic E-state index is -1.77. The largest absolute Gasteiger partial charge is 0.508 e. The van der Waals surface area contributed by atoms with Gasteiger partial charge in [-0.1, -0.05) is 17.7 Å². The molecule has 0 aromatic heterocycles. The molecule has 0 aliphatic carbocycles. The predicted octanol–water partition coefficient (Wildman–Crippen LogP) is 2.61. The summed E-state index contributed by atoms with van der Waals surface area (Å²) in [5, 5.41) is 35.4. The van der Waals surface area contributed by atoms with E-state index in [1.165, 1.54) is 24.3 Å². The fourth-order valence-electron chi connectivity index (χ4n) is 3.34. The van der Waals surface area contributed by atoms with Gasteiger partial charge in [-0.2, -0.15) is 0 Å². The van der Waals surface area contributed by atoms with Crippen molar-refractivity contribution in [3.8, 4) is 11.5 Å². The van der Waals surface area contributed by atoms with Crippen molar-refractivity contribution in [3.63, 3.8) is 0 Å². The number of fused-ring (bicyclic) bond motifs is 1. The molecule has 31 heavy (non-hydrogen) atoms. The van der Waals surface area contributed by atoms with Crippen LogP contribution in [-0.4, -0.2) is 45.4 Å². The van der Waals surface area contributed by atoms with Gasteiger partial charge in [0.2, 0.25) is 0 Å². The summed E-state index contributed by atoms with van der Waals surface area (Å²) in [7, 11) is 0. The lowest BCUT2D eigenvalue weighted by Gasteiger charge is -2.30. The van der Waals surface area contributed by atoms with Crippen molar-refractivity contribution < 1.29 is 34.0 Å². The maximum Gasteiger partial charge on any atom is 0.354 e. The summed E-state index contributed by atoms with van der Waals surface area (Å²) < 4.78 is 19.0. The average molecular weight is 453 g/mol. The molecule has 1 aliphatic rings. The van der Waals surface area contributed by atoms with Gasteiger partial charge in [0.1, 0.15) is 11.6 Å². The summed E-state index contributed by atoms with van der Waals surface area (Å²) in [5.41, 5.74) is 0.324. The number of benzene rings is 2. The first-order valence-corrected chi connectivity index (χ1v) is 9.79. The SMILES string of the molecule is CC(C)(Cc1ccc(Cl)c(F)c1)NCC(O)c1cc(O)cc2c1OC(C(=O)O)C(=O)N2. The molecule has 2 unspecified atom stereocenters. The lowest BCUT2D eigenvalue weighted by Crippen LogP contribution is -2.44. The molecule has 3 rings (SSSR count). The molecule has 0 radical (unpaired) electrons. The molecule has 166 valence electrons. The fourth-order valence-corrected chi connectivity index (χ4v) is 3.46. The average Bonchev–Trinajstić information content (AvgIpc) is 2.67. The summed E-state index contributed by atoms with van der Waals surface area (Å²) in [4.78, 5) is 23.1. The summed E-state index contributed by atoms with van der Waals surface area (Å²) in [6.07, 6.45) is -2.54. The predicted molar refractivity (Wildman–Crippen MR) is 111 cm³/mol. The Kier molecular flexibility index (Phi) is 6.40. The number of aromatic hydroxyl groups is 1. The Labute approximate surface area is 182 Å². The number of carbonyl (C=O) groups excluding carboxylic acids is 1. The van der Waals surface area contributed by atoms with Crippen LogP contribution in [0.25, 0.3) is 0 Å². The maximum atomic E-state index is 13.7. The van der Waals surface area contributed by atoms with Crippen molar-refractivity contribution in [1.82, 2.24) is 5.32 Å². The molecule has 5 N–H and O–H groups in total. The number of amides is 1. The van der Waals surface area contributed by atoms with E-state index < -0.39 is 35.4 Å². The number of phenolic OH excluding ortho intramolecular Hbond substituents is 1. The van der Waals surface area contributed by atoms with E-state index in [4.69, 9.17) is 21.4 Å². The highest BCUT2D eigenvalue weighted by atomic mass is 35.5. The molecule has 0 bridgehead atoms. The van der Waals surface area contributed by atoms with Gasteiger partial charge in [0, 0.05) is 23.7 Å². The van der Waals surface area contributed by atoms with Crippen LogP contribution in [-0.2, 0) is 16.0 Å². The Hall–Kier alpha value is -2.88. The van der Waals surface area contributed by atoms with Gasteiger partial charge in [-0.25, -0.2) is 9.18 Å². The van der Waals surface area contributed by atoms with E-state index in [1.807, 2.05) is 13.8 Å². The number of β-amino-alcohol motifs (C(OH)–C–C–N with tert-alkyl or cyclic N) is 1. The molecule has 10 heteroatoms. The molecular weight excluding hydrogens is 431 g/mol. The molecule has 2 aromatic carbocycles. The zero-order valence-electron chi connectivity index (χ0n) is 16.8. The Bertz CT molecular complexity index is 1030. The Morgan fingerprint density at radius 2 is 2.06 bits per heavy atom. The molecular formula is C21H22ClFN2O6. The van der Waals surface area contributed by atoms with Crippen molar-refractivity contribution in [2.24, 2.45) is 0 Å². The number of carboxylic acids is 1. The van der Waals surface area contributed by atoms with E-state index in [2.05, 4.69) is 10.6 Å². The minimum Gasteiger partial charge on any atom is -0.508 e. The van der Waals surface area contributed by atoms with Gasteiger partial charge in [0.05, 0.1) is 16.8 Å². The third-order valence-corrected chi connectivity index (χ3v) is 5.13. The number of carbonyl (C=O) groups is 2. The van der Waals surface area contributed by atoms with Crippen LogP contribution in [0.3, 0.4) is 0 Å². The highest BCUT2D eigenvalue weighted by molar-refractivity contribution is 6.30. The first-order chi connectivity index (χ1) is 14.5. The molecule has 1 amide bonds. The van der Waals surface area contributed by atoms with E-state index in [0.29, 0.717) is 12.0 Å². The zero-order valence-corrected chi connectivity index (χ0v) is 17.5. The van der Waals surface area contributed by atoms with Crippen LogP contribution in [0.5, 0.6) is 11.5 Å². The summed E-state index contributed by atoms with van der Waals surface area (Å²) in [6.45, 7) is 3.73. The number of anilines is 1. The number of ether oxygens (including phenoxy) is 1. The van der Waals surface area contributed by atoms with E-state index in [1.54, 1.807) is 6.07 Å². The standard InChI is InChI=1S/C21H22ClFN2O6/c1-21(2,8-10-3-4-13(22)14(23)5-10)24-9-16(27)12-6-11(26)7-15-17(12)31-18(20(29)30)19(28)25-15/h3-7,16,18,24,26-27H,8-9H2,1-2H3,(H,25,28)(H,29,30). The lowest BCUT2D eigenvalue weighted by molar-refractivity contribution is -0.149. The Morgan fingerprint density at radius 3 is 2.71 bits per heavy atom. The molecule has 0 fully saturated rings. The van der Waals surface area contributed by atoms with E-state index in [0.717, 1.165) is 0 Å². The van der Waals surface area contributed by atoms with Gasteiger partial charge in [-0.3, -0.25) is 4.79 Å². The first kappa shape index (κ1) is 22.8. The van der Waals surface area contributed by atoms with Crippen LogP contribution in [0.4, 0.5) is 10.1 Å². The fraction of sp³-hybridized carbons (Fsp3) is 0.333. The minimum absolute atomic E-state index is 0.00795. The highest BCUT2D eigenvalue weighted by Gasteiger charge is 2.36. The lowest BCUT2D eigenvalue weighted by atomic mass is 9.94. The van der Waals surface area contributed by atoms with Crippen molar-refractivity contribution in [1.29, 1.82) is 0 Å². The van der Waals surface area contributed by atoms with Gasteiger partial charge < -0.3 is 30.7 Å². The van der Waals surface area contributed by atoms with Crippen molar-refractivity contribution >= 4 is 29.2 Å². The maximum absolute atomic E-state index is 13.7. The van der Waals surface area contributed by atoms with Gasteiger partial charge in [-0.05, 0) is 44.0 Å². The summed E-state index contributed by atoms with van der Waals surface area (Å²) in [5.74, 6) is -3.15. The number of halogens is 2. The molecule has 2 aromatic rings. The smallest absolute Gasteiger partial charge is 0.354 e. The van der Waals surface area contributed by atoms with Gasteiger partial charge >= 0.3 is 5.97 Å². The number of rotatable bonds is 7. The van der Waals surface area contributed by atoms with Crippen molar-refractivity contribution in [2.75, 3.05) is 11.9 Å². The second kappa shape index (κ2) is 8.70. The molecule has 0 saturated heterocycles. The number of hydrogen-bond acceptors (Lipinski definition) is 6. The Balaban J connectivity index is 1.76. The van der Waals surface area contributed by atoms with Gasteiger partial charge in [-0.15, -0.1) is 0 Å². The molecule has 0 spiro atoms.